The molecule has 1 unspecified atom stereocenters. The van der Waals surface area contributed by atoms with Gasteiger partial charge in [0, 0.05) is 36.9 Å². The Morgan fingerprint density at radius 2 is 1.77 bits per heavy atom. The lowest BCUT2D eigenvalue weighted by Gasteiger charge is -2.19. The van der Waals surface area contributed by atoms with Crippen molar-refractivity contribution in [3.63, 3.8) is 0 Å². The first-order valence-electron chi connectivity index (χ1n) is 9.69. The van der Waals surface area contributed by atoms with Gasteiger partial charge in [0.2, 0.25) is 0 Å². The fraction of sp³-hybridized carbons (Fsp3) is 0.364. The minimum atomic E-state index is -0.00531. The van der Waals surface area contributed by atoms with Crippen LogP contribution in [0, 0.1) is 0 Å². The van der Waals surface area contributed by atoms with Crippen LogP contribution in [0.25, 0.3) is 10.9 Å². The quantitative estimate of drug-likeness (QED) is 0.423. The lowest BCUT2D eigenvalue weighted by molar-refractivity contribution is 0.304. The Balaban J connectivity index is 0.00000300. The van der Waals surface area contributed by atoms with Gasteiger partial charge >= 0.3 is 0 Å². The summed E-state index contributed by atoms with van der Waals surface area (Å²) in [4.78, 5) is 15.8. The molecule has 0 aliphatic heterocycles. The number of aryl methyl sites for hydroxylation is 1. The number of nitrogens with zero attached hydrogens (tertiary/aromatic N) is 2. The van der Waals surface area contributed by atoms with E-state index in [2.05, 4.69) is 27.8 Å². The summed E-state index contributed by atoms with van der Waals surface area (Å²) in [7, 11) is 3.75. The van der Waals surface area contributed by atoms with Crippen molar-refractivity contribution < 1.29 is 4.74 Å². The number of aromatic nitrogens is 2. The van der Waals surface area contributed by atoms with E-state index in [4.69, 9.17) is 4.74 Å². The van der Waals surface area contributed by atoms with Crippen LogP contribution < -0.4 is 20.9 Å². The van der Waals surface area contributed by atoms with E-state index in [0.29, 0.717) is 12.6 Å². The highest BCUT2D eigenvalue weighted by molar-refractivity contribution is 5.86. The van der Waals surface area contributed by atoms with Gasteiger partial charge in [0.05, 0.1) is 12.1 Å². The molecule has 0 bridgehead atoms. The van der Waals surface area contributed by atoms with E-state index in [1.807, 2.05) is 43.7 Å². The Kier molecular flexibility index (Phi) is 14.2. The van der Waals surface area contributed by atoms with Crippen molar-refractivity contribution in [2.75, 3.05) is 26.7 Å². The fourth-order valence-electron chi connectivity index (χ4n) is 3.26. The Hall–Kier alpha value is -1.83. The summed E-state index contributed by atoms with van der Waals surface area (Å²) in [5.74, 6) is 0.826. The summed E-state index contributed by atoms with van der Waals surface area (Å²) in [6, 6.07) is 13.7. The van der Waals surface area contributed by atoms with Crippen LogP contribution in [0.15, 0.2) is 59.7 Å². The van der Waals surface area contributed by atoms with Gasteiger partial charge in [-0.2, -0.15) is 0 Å². The van der Waals surface area contributed by atoms with Crippen molar-refractivity contribution in [1.82, 2.24) is 20.2 Å². The Bertz CT molecular complexity index is 954. The van der Waals surface area contributed by atoms with Gasteiger partial charge in [0.1, 0.15) is 5.75 Å². The molecular weight excluding hydrogens is 459 g/mol. The summed E-state index contributed by atoms with van der Waals surface area (Å²) in [5.41, 5.74) is 2.16. The molecule has 2 aromatic heterocycles. The number of benzene rings is 1. The second kappa shape index (κ2) is 15.1. The second-order valence-electron chi connectivity index (χ2n) is 6.83. The molecule has 2 N–H and O–H groups in total. The van der Waals surface area contributed by atoms with Crippen molar-refractivity contribution in [3.05, 3.63) is 70.8 Å². The molecule has 0 aliphatic carbocycles. The predicted molar refractivity (Wildman–Crippen MR) is 135 cm³/mol. The first kappa shape index (κ1) is 29.2. The Morgan fingerprint density at radius 3 is 2.48 bits per heavy atom. The zero-order valence-corrected chi connectivity index (χ0v) is 20.2. The average molecular weight is 490 g/mol. The van der Waals surface area contributed by atoms with E-state index in [1.54, 1.807) is 17.7 Å². The maximum absolute atomic E-state index is 11.7. The van der Waals surface area contributed by atoms with E-state index >= 15 is 0 Å². The van der Waals surface area contributed by atoms with Gasteiger partial charge in [-0.25, -0.2) is 0 Å². The fourth-order valence-corrected chi connectivity index (χ4v) is 3.26. The molecule has 0 spiro atoms. The normalized spacial score (nSPS) is 11.0. The standard InChI is InChI=1S/C22H28N4O2.3ClH/c1-23-12-10-20(17-8-13-24-14-9-17)25-11-3-15-28-19-5-6-21-18(16-19)4-7-22(27)26(21)2;;;/h4-9,13-14,16,20,23,25H,3,10-12,15H2,1-2H3;3*1H. The summed E-state index contributed by atoms with van der Waals surface area (Å²) < 4.78 is 7.55. The Labute approximate surface area is 202 Å². The molecule has 0 amide bonds. The van der Waals surface area contributed by atoms with Gasteiger partial charge in [-0.05, 0) is 74.9 Å². The van der Waals surface area contributed by atoms with E-state index in [0.717, 1.165) is 42.6 Å². The van der Waals surface area contributed by atoms with Crippen molar-refractivity contribution in [2.45, 2.75) is 18.9 Å². The molecule has 3 aromatic rings. The molecular formula is C22H31Cl3N4O2. The van der Waals surface area contributed by atoms with Crippen LogP contribution >= 0.6 is 37.2 Å². The highest BCUT2D eigenvalue weighted by atomic mass is 35.5. The highest BCUT2D eigenvalue weighted by Crippen LogP contribution is 2.19. The van der Waals surface area contributed by atoms with Crippen LogP contribution in [0.4, 0.5) is 0 Å². The third kappa shape index (κ3) is 8.31. The number of hydrogen-bond donors (Lipinski definition) is 2. The van der Waals surface area contributed by atoms with Crippen LogP contribution in [0.1, 0.15) is 24.4 Å². The molecule has 0 fully saturated rings. The lowest BCUT2D eigenvalue weighted by atomic mass is 10.1. The van der Waals surface area contributed by atoms with Crippen molar-refractivity contribution >= 4 is 48.1 Å². The monoisotopic (exact) mass is 488 g/mol. The van der Waals surface area contributed by atoms with Crippen molar-refractivity contribution in [3.8, 4) is 5.75 Å². The number of halogens is 3. The molecule has 1 aromatic carbocycles. The molecule has 2 heterocycles. The van der Waals surface area contributed by atoms with Gasteiger partial charge in [0.25, 0.3) is 5.56 Å². The van der Waals surface area contributed by atoms with Crippen LogP contribution in [0.3, 0.4) is 0 Å². The van der Waals surface area contributed by atoms with Gasteiger partial charge in [-0.15, -0.1) is 37.2 Å². The van der Waals surface area contributed by atoms with Gasteiger partial charge < -0.3 is 19.9 Å². The number of fused-ring (bicyclic) bond motifs is 1. The summed E-state index contributed by atoms with van der Waals surface area (Å²) in [6.45, 7) is 2.47. The largest absolute Gasteiger partial charge is 0.494 e. The van der Waals surface area contributed by atoms with Crippen molar-refractivity contribution in [1.29, 1.82) is 0 Å². The molecule has 9 heteroatoms. The van der Waals surface area contributed by atoms with Crippen LogP contribution in [-0.2, 0) is 7.05 Å². The average Bonchev–Trinajstić information content (AvgIpc) is 2.73. The predicted octanol–water partition coefficient (Wildman–Crippen LogP) is 3.91. The molecule has 3 rings (SSSR count). The van der Waals surface area contributed by atoms with Gasteiger partial charge in [-0.3, -0.25) is 9.78 Å². The van der Waals surface area contributed by atoms with E-state index in [9.17, 15) is 4.79 Å². The van der Waals surface area contributed by atoms with Gasteiger partial charge in [-0.1, -0.05) is 0 Å². The maximum atomic E-state index is 11.7. The zero-order chi connectivity index (χ0) is 19.8. The highest BCUT2D eigenvalue weighted by Gasteiger charge is 2.10. The molecule has 31 heavy (non-hydrogen) atoms. The van der Waals surface area contributed by atoms with E-state index in [-0.39, 0.29) is 42.8 Å². The SMILES string of the molecule is CNCCC(NCCCOc1ccc2c(ccc(=O)n2C)c1)c1ccncc1.Cl.Cl.Cl. The summed E-state index contributed by atoms with van der Waals surface area (Å²) in [5, 5.41) is 7.83. The summed E-state index contributed by atoms with van der Waals surface area (Å²) in [6.07, 6.45) is 5.60. The minimum absolute atomic E-state index is 0. The molecule has 6 nitrogen and oxygen atoms in total. The number of ether oxygens (including phenoxy) is 1. The number of hydrogen-bond acceptors (Lipinski definition) is 5. The van der Waals surface area contributed by atoms with Crippen LogP contribution in [0.5, 0.6) is 5.75 Å². The topological polar surface area (TPSA) is 68.2 Å². The summed E-state index contributed by atoms with van der Waals surface area (Å²) >= 11 is 0. The minimum Gasteiger partial charge on any atom is -0.494 e. The molecule has 0 radical (unpaired) electrons. The number of pyridine rings is 2. The van der Waals surface area contributed by atoms with Crippen molar-refractivity contribution in [2.24, 2.45) is 7.05 Å². The zero-order valence-electron chi connectivity index (χ0n) is 17.7. The maximum Gasteiger partial charge on any atom is 0.250 e. The smallest absolute Gasteiger partial charge is 0.250 e. The Morgan fingerprint density at radius 1 is 1.03 bits per heavy atom. The van der Waals surface area contributed by atoms with Crippen LogP contribution in [-0.4, -0.2) is 36.3 Å². The van der Waals surface area contributed by atoms with Crippen LogP contribution in [0.2, 0.25) is 0 Å². The number of nitrogens with one attached hydrogen (secondary N) is 2. The molecule has 0 aliphatic rings. The molecule has 0 saturated carbocycles. The van der Waals surface area contributed by atoms with E-state index in [1.165, 1.54) is 5.56 Å². The lowest BCUT2D eigenvalue weighted by Crippen LogP contribution is -2.26. The number of rotatable bonds is 10. The van der Waals surface area contributed by atoms with Gasteiger partial charge in [0.15, 0.2) is 0 Å². The molecule has 172 valence electrons. The third-order valence-electron chi connectivity index (χ3n) is 4.87. The molecule has 1 atom stereocenters. The third-order valence-corrected chi connectivity index (χ3v) is 4.87. The molecule has 0 saturated heterocycles. The first-order chi connectivity index (χ1) is 13.7. The van der Waals surface area contributed by atoms with E-state index < -0.39 is 0 Å². The first-order valence-corrected chi connectivity index (χ1v) is 9.69. The second-order valence-corrected chi connectivity index (χ2v) is 6.83.